The van der Waals surface area contributed by atoms with Crippen LogP contribution < -0.4 is 11.1 Å². The van der Waals surface area contributed by atoms with E-state index in [1.165, 1.54) is 38.2 Å². The van der Waals surface area contributed by atoms with Crippen LogP contribution in [0.15, 0.2) is 41.5 Å². The van der Waals surface area contributed by atoms with Crippen LogP contribution in [0, 0.1) is 12.7 Å². The molecular weight excluding hydrogens is 385 g/mol. The number of amides is 1. The zero-order valence-corrected chi connectivity index (χ0v) is 15.9. The molecule has 1 aromatic heterocycles. The summed E-state index contributed by atoms with van der Waals surface area (Å²) in [5.74, 6) is -2.15. The average molecular weight is 408 g/mol. The molecule has 10 heteroatoms. The van der Waals surface area contributed by atoms with Crippen LogP contribution in [0.4, 0.5) is 10.1 Å². The SMILES string of the molecule is [2H]C([2H])([2H])c1ccc(C(=O)Nc2ccc(F)c([C@]3(C)CS(=O)(=O)N(C)C(N)=N3)c2)nc1. The van der Waals surface area contributed by atoms with Gasteiger partial charge in [0.15, 0.2) is 0 Å². The monoisotopic (exact) mass is 408 g/mol. The Morgan fingerprint density at radius 2 is 2.14 bits per heavy atom. The lowest BCUT2D eigenvalue weighted by molar-refractivity contribution is 0.102. The van der Waals surface area contributed by atoms with Crippen LogP contribution in [0.5, 0.6) is 0 Å². The first-order chi connectivity index (χ1) is 14.2. The molecule has 28 heavy (non-hydrogen) atoms. The van der Waals surface area contributed by atoms with Crippen molar-refractivity contribution in [2.45, 2.75) is 19.3 Å². The van der Waals surface area contributed by atoms with E-state index in [1.807, 2.05) is 0 Å². The van der Waals surface area contributed by atoms with Gasteiger partial charge in [-0.2, -0.15) is 0 Å². The highest BCUT2D eigenvalue weighted by Gasteiger charge is 2.41. The first-order valence-electron chi connectivity index (χ1n) is 9.63. The Labute approximate surface area is 166 Å². The van der Waals surface area contributed by atoms with Gasteiger partial charge in [0.05, 0.1) is 5.75 Å². The molecule has 0 saturated carbocycles. The van der Waals surface area contributed by atoms with Crippen molar-refractivity contribution in [3.05, 3.63) is 59.2 Å². The van der Waals surface area contributed by atoms with Crippen molar-refractivity contribution in [2.75, 3.05) is 18.1 Å². The minimum atomic E-state index is -3.81. The lowest BCUT2D eigenvalue weighted by atomic mass is 9.93. The van der Waals surface area contributed by atoms with Gasteiger partial charge in [-0.3, -0.25) is 9.78 Å². The van der Waals surface area contributed by atoms with Crippen molar-refractivity contribution in [2.24, 2.45) is 10.7 Å². The van der Waals surface area contributed by atoms with Crippen LogP contribution in [0.3, 0.4) is 0 Å². The number of carbonyl (C=O) groups is 1. The third-order valence-electron chi connectivity index (χ3n) is 4.37. The highest BCUT2D eigenvalue weighted by Crippen LogP contribution is 2.34. The number of aliphatic imine (C=N–C) groups is 1. The van der Waals surface area contributed by atoms with Gasteiger partial charge in [0.2, 0.25) is 16.0 Å². The third kappa shape index (κ3) is 3.68. The van der Waals surface area contributed by atoms with E-state index >= 15 is 0 Å². The van der Waals surface area contributed by atoms with Crippen LogP contribution >= 0.6 is 0 Å². The first-order valence-corrected chi connectivity index (χ1v) is 9.74. The minimum Gasteiger partial charge on any atom is -0.369 e. The number of sulfonamides is 1. The molecule has 1 aliphatic heterocycles. The van der Waals surface area contributed by atoms with Crippen LogP contribution in [0.1, 0.15) is 32.7 Å². The molecule has 1 amide bonds. The van der Waals surface area contributed by atoms with E-state index in [2.05, 4.69) is 15.3 Å². The molecule has 0 unspecified atom stereocenters. The molecule has 1 atom stereocenters. The minimum absolute atomic E-state index is 0.0139. The molecule has 1 aliphatic rings. The first kappa shape index (κ1) is 16.0. The van der Waals surface area contributed by atoms with Crippen LogP contribution in [-0.4, -0.2) is 42.4 Å². The number of pyridine rings is 1. The second-order valence-electron chi connectivity index (χ2n) is 6.55. The van der Waals surface area contributed by atoms with Crippen LogP contribution in [0.2, 0.25) is 0 Å². The molecule has 0 fully saturated rings. The number of hydrogen-bond acceptors (Lipinski definition) is 6. The topological polar surface area (TPSA) is 118 Å². The zero-order valence-electron chi connectivity index (χ0n) is 18.1. The number of halogens is 1. The van der Waals surface area contributed by atoms with Crippen LogP contribution in [0.25, 0.3) is 0 Å². The van der Waals surface area contributed by atoms with Gasteiger partial charge in [-0.05, 0) is 43.6 Å². The van der Waals surface area contributed by atoms with Gasteiger partial charge >= 0.3 is 0 Å². The van der Waals surface area contributed by atoms with Gasteiger partial charge in [-0.25, -0.2) is 22.1 Å². The maximum Gasteiger partial charge on any atom is 0.274 e. The number of benzene rings is 1. The Morgan fingerprint density at radius 1 is 1.39 bits per heavy atom. The molecule has 148 valence electrons. The highest BCUT2D eigenvalue weighted by molar-refractivity contribution is 7.89. The lowest BCUT2D eigenvalue weighted by Gasteiger charge is -2.34. The number of nitrogens with one attached hydrogen (secondary N) is 1. The summed E-state index contributed by atoms with van der Waals surface area (Å²) in [7, 11) is -2.56. The standard InChI is InChI=1S/C18H20FN5O3S/c1-11-4-7-15(21-9-11)16(25)22-12-5-6-14(19)13(8-12)18(2)10-28(26,27)24(3)17(20)23-18/h4-9H,10H2,1-3H3,(H2,20,23)(H,22,25)/t18-/m0/s1/i1D3. The number of nitrogens with two attached hydrogens (primary N) is 1. The van der Waals surface area contributed by atoms with Gasteiger partial charge < -0.3 is 11.1 Å². The fourth-order valence-electron chi connectivity index (χ4n) is 2.83. The molecule has 0 aliphatic carbocycles. The van der Waals surface area contributed by atoms with Crippen molar-refractivity contribution in [1.82, 2.24) is 9.29 Å². The molecule has 0 radical (unpaired) electrons. The van der Waals surface area contributed by atoms with Gasteiger partial charge in [-0.1, -0.05) is 6.07 Å². The maximum atomic E-state index is 14.6. The Hall–Kier alpha value is -3.01. The summed E-state index contributed by atoms with van der Waals surface area (Å²) in [6.45, 7) is -0.913. The number of hydrogen-bond donors (Lipinski definition) is 2. The van der Waals surface area contributed by atoms with E-state index in [-0.39, 0.29) is 28.5 Å². The Morgan fingerprint density at radius 3 is 2.75 bits per heavy atom. The Balaban J connectivity index is 1.91. The van der Waals surface area contributed by atoms with E-state index < -0.39 is 39.9 Å². The summed E-state index contributed by atoms with van der Waals surface area (Å²) in [4.78, 5) is 20.5. The smallest absolute Gasteiger partial charge is 0.274 e. The molecule has 0 spiro atoms. The van der Waals surface area contributed by atoms with Gasteiger partial charge in [-0.15, -0.1) is 0 Å². The summed E-state index contributed by atoms with van der Waals surface area (Å²) >= 11 is 0. The number of rotatable bonds is 3. The molecule has 2 aromatic rings. The van der Waals surface area contributed by atoms with E-state index in [4.69, 9.17) is 9.85 Å². The normalized spacial score (nSPS) is 23.2. The second-order valence-corrected chi connectivity index (χ2v) is 8.55. The average Bonchev–Trinajstić information content (AvgIpc) is 2.66. The van der Waals surface area contributed by atoms with Crippen molar-refractivity contribution in [3.8, 4) is 0 Å². The molecule has 2 heterocycles. The number of aryl methyl sites for hydroxylation is 1. The summed E-state index contributed by atoms with van der Waals surface area (Å²) in [6.07, 6.45) is 1.08. The predicted octanol–water partition coefficient (Wildman–Crippen LogP) is 1.59. The highest BCUT2D eigenvalue weighted by atomic mass is 32.2. The number of nitrogens with zero attached hydrogens (tertiary/aromatic N) is 3. The van der Waals surface area contributed by atoms with Crippen LogP contribution in [-0.2, 0) is 15.6 Å². The fraction of sp³-hybridized carbons (Fsp3) is 0.278. The van der Waals surface area contributed by atoms with Gasteiger partial charge in [0.25, 0.3) is 5.91 Å². The molecule has 3 N–H and O–H groups in total. The molecule has 0 saturated heterocycles. The Bertz CT molecular complexity index is 1170. The largest absolute Gasteiger partial charge is 0.369 e. The molecular formula is C18H20FN5O3S. The molecule has 8 nitrogen and oxygen atoms in total. The number of guanidine groups is 1. The maximum absolute atomic E-state index is 14.6. The van der Waals surface area contributed by atoms with Gasteiger partial charge in [0.1, 0.15) is 17.1 Å². The van der Waals surface area contributed by atoms with Crippen molar-refractivity contribution in [1.29, 1.82) is 0 Å². The number of anilines is 1. The summed E-state index contributed by atoms with van der Waals surface area (Å²) < 4.78 is 62.2. The second kappa shape index (κ2) is 6.86. The molecule has 1 aromatic carbocycles. The summed E-state index contributed by atoms with van der Waals surface area (Å²) in [5, 5.41) is 2.53. The lowest BCUT2D eigenvalue weighted by Crippen LogP contribution is -2.50. The third-order valence-corrected chi connectivity index (χ3v) is 6.31. The molecule has 0 bridgehead atoms. The van der Waals surface area contributed by atoms with Crippen molar-refractivity contribution >= 4 is 27.6 Å². The summed E-state index contributed by atoms with van der Waals surface area (Å²) in [6, 6.07) is 6.19. The number of aromatic nitrogens is 1. The van der Waals surface area contributed by atoms with E-state index in [0.29, 0.717) is 0 Å². The number of carbonyl (C=O) groups excluding carboxylic acids is 1. The summed E-state index contributed by atoms with van der Waals surface area (Å²) in [5.41, 5.74) is 4.27. The van der Waals surface area contributed by atoms with E-state index in [9.17, 15) is 17.6 Å². The van der Waals surface area contributed by atoms with E-state index in [1.54, 1.807) is 0 Å². The van der Waals surface area contributed by atoms with Crippen molar-refractivity contribution < 1.29 is 21.7 Å². The Kier molecular flexibility index (Phi) is 3.92. The van der Waals surface area contributed by atoms with Gasteiger partial charge in [0, 0.05) is 28.6 Å². The fourth-order valence-corrected chi connectivity index (χ4v) is 4.28. The predicted molar refractivity (Wildman–Crippen MR) is 104 cm³/mol. The quantitative estimate of drug-likeness (QED) is 0.800. The zero-order chi connectivity index (χ0) is 23.2. The van der Waals surface area contributed by atoms with E-state index in [0.717, 1.165) is 16.6 Å². The molecule has 3 rings (SSSR count). The van der Waals surface area contributed by atoms with Crippen molar-refractivity contribution in [3.63, 3.8) is 0 Å².